The van der Waals surface area contributed by atoms with Crippen LogP contribution in [0.5, 0.6) is 0 Å². The molecule has 1 saturated heterocycles. The molecule has 1 heterocycles. The van der Waals surface area contributed by atoms with E-state index in [1.54, 1.807) is 0 Å². The molecule has 1 atom stereocenters. The van der Waals surface area contributed by atoms with E-state index in [-0.39, 0.29) is 5.41 Å². The van der Waals surface area contributed by atoms with Crippen LogP contribution in [0, 0.1) is 11.3 Å². The predicted octanol–water partition coefficient (Wildman–Crippen LogP) is 2.92. The molecule has 0 aromatic rings. The third-order valence-electron chi connectivity index (χ3n) is 4.67. The lowest BCUT2D eigenvalue weighted by Crippen LogP contribution is -2.37. The number of rotatable bonds is 3. The van der Waals surface area contributed by atoms with E-state index in [4.69, 9.17) is 0 Å². The highest BCUT2D eigenvalue weighted by Crippen LogP contribution is 2.37. The van der Waals surface area contributed by atoms with Crippen LogP contribution < -0.4 is 5.32 Å². The third kappa shape index (κ3) is 2.32. The standard InChI is InChI=1S/C14H25NO/c1-2-14(9-10-15-11-14)13(16)12-7-5-3-4-6-8-12/h12,15H,2-11H2,1H3. The van der Waals surface area contributed by atoms with Crippen LogP contribution in [0.2, 0.25) is 0 Å². The Kier molecular flexibility index (Phi) is 4.01. The van der Waals surface area contributed by atoms with Crippen molar-refractivity contribution in [2.45, 2.75) is 58.3 Å². The van der Waals surface area contributed by atoms with Crippen LogP contribution in [0.3, 0.4) is 0 Å². The summed E-state index contributed by atoms with van der Waals surface area (Å²) in [6.07, 6.45) is 9.60. The van der Waals surface area contributed by atoms with Crippen LogP contribution in [0.4, 0.5) is 0 Å². The number of Topliss-reactive ketones (excluding diaryl/α,β-unsaturated/α-hetero) is 1. The predicted molar refractivity (Wildman–Crippen MR) is 66.4 cm³/mol. The van der Waals surface area contributed by atoms with Crippen molar-refractivity contribution in [3.63, 3.8) is 0 Å². The maximum absolute atomic E-state index is 12.7. The molecule has 2 rings (SSSR count). The first-order valence-electron chi connectivity index (χ1n) is 7.03. The molecule has 1 unspecified atom stereocenters. The van der Waals surface area contributed by atoms with Gasteiger partial charge in [-0.2, -0.15) is 0 Å². The van der Waals surface area contributed by atoms with Gasteiger partial charge in [0.2, 0.25) is 0 Å². The van der Waals surface area contributed by atoms with Crippen LogP contribution in [0.25, 0.3) is 0 Å². The van der Waals surface area contributed by atoms with Gasteiger partial charge in [0.25, 0.3) is 0 Å². The summed E-state index contributed by atoms with van der Waals surface area (Å²) in [6, 6.07) is 0. The van der Waals surface area contributed by atoms with Crippen LogP contribution in [0.15, 0.2) is 0 Å². The topological polar surface area (TPSA) is 29.1 Å². The first-order valence-corrected chi connectivity index (χ1v) is 7.03. The van der Waals surface area contributed by atoms with Gasteiger partial charge >= 0.3 is 0 Å². The molecule has 2 heteroatoms. The molecule has 2 nitrogen and oxygen atoms in total. The molecule has 0 bridgehead atoms. The second kappa shape index (κ2) is 5.31. The molecule has 1 aliphatic heterocycles. The zero-order chi connectivity index (χ0) is 11.4. The SMILES string of the molecule is CCC1(C(=O)C2CCCCCC2)CCNC1. The van der Waals surface area contributed by atoms with Crippen molar-refractivity contribution in [2.24, 2.45) is 11.3 Å². The molecule has 0 aromatic carbocycles. The summed E-state index contributed by atoms with van der Waals surface area (Å²) in [5.41, 5.74) is -0.00495. The number of hydrogen-bond donors (Lipinski definition) is 1. The molecular weight excluding hydrogens is 198 g/mol. The summed E-state index contributed by atoms with van der Waals surface area (Å²) < 4.78 is 0. The maximum Gasteiger partial charge on any atom is 0.143 e. The number of nitrogens with one attached hydrogen (secondary N) is 1. The monoisotopic (exact) mass is 223 g/mol. The second-order valence-electron chi connectivity index (χ2n) is 5.61. The first-order chi connectivity index (χ1) is 7.78. The van der Waals surface area contributed by atoms with E-state index in [2.05, 4.69) is 12.2 Å². The Morgan fingerprint density at radius 3 is 2.44 bits per heavy atom. The molecular formula is C14H25NO. The summed E-state index contributed by atoms with van der Waals surface area (Å²) >= 11 is 0. The van der Waals surface area contributed by atoms with E-state index in [0.29, 0.717) is 11.7 Å². The third-order valence-corrected chi connectivity index (χ3v) is 4.67. The van der Waals surface area contributed by atoms with Gasteiger partial charge in [-0.15, -0.1) is 0 Å². The molecule has 0 spiro atoms. The van der Waals surface area contributed by atoms with E-state index in [1.165, 1.54) is 25.7 Å². The normalized spacial score (nSPS) is 32.6. The number of hydrogen-bond acceptors (Lipinski definition) is 2. The van der Waals surface area contributed by atoms with Crippen LogP contribution in [-0.2, 0) is 4.79 Å². The van der Waals surface area contributed by atoms with Gasteiger partial charge in [-0.25, -0.2) is 0 Å². The van der Waals surface area contributed by atoms with Crippen LogP contribution in [-0.4, -0.2) is 18.9 Å². The minimum atomic E-state index is -0.00495. The Labute approximate surface area is 99.2 Å². The molecule has 92 valence electrons. The van der Waals surface area contributed by atoms with Crippen molar-refractivity contribution >= 4 is 5.78 Å². The fraction of sp³-hybridized carbons (Fsp3) is 0.929. The molecule has 0 aromatic heterocycles. The highest BCUT2D eigenvalue weighted by Gasteiger charge is 2.42. The van der Waals surface area contributed by atoms with Gasteiger partial charge in [-0.3, -0.25) is 4.79 Å². The van der Waals surface area contributed by atoms with Crippen LogP contribution >= 0.6 is 0 Å². The summed E-state index contributed by atoms with van der Waals surface area (Å²) in [4.78, 5) is 12.7. The van der Waals surface area contributed by atoms with Gasteiger partial charge in [0.1, 0.15) is 5.78 Å². The summed E-state index contributed by atoms with van der Waals surface area (Å²) in [5.74, 6) is 0.962. The molecule has 0 radical (unpaired) electrons. The Bertz CT molecular complexity index is 235. The molecule has 1 aliphatic carbocycles. The van der Waals surface area contributed by atoms with Gasteiger partial charge in [0.15, 0.2) is 0 Å². The smallest absolute Gasteiger partial charge is 0.143 e. The zero-order valence-electron chi connectivity index (χ0n) is 10.6. The minimum absolute atomic E-state index is 0.00495. The lowest BCUT2D eigenvalue weighted by molar-refractivity contribution is -0.132. The van der Waals surface area contributed by atoms with Crippen molar-refractivity contribution in [1.29, 1.82) is 0 Å². The summed E-state index contributed by atoms with van der Waals surface area (Å²) in [6.45, 7) is 4.15. The maximum atomic E-state index is 12.7. The lowest BCUT2D eigenvalue weighted by Gasteiger charge is -2.29. The lowest BCUT2D eigenvalue weighted by atomic mass is 9.73. The quantitative estimate of drug-likeness (QED) is 0.745. The highest BCUT2D eigenvalue weighted by atomic mass is 16.1. The highest BCUT2D eigenvalue weighted by molar-refractivity contribution is 5.87. The zero-order valence-corrected chi connectivity index (χ0v) is 10.6. The van der Waals surface area contributed by atoms with Crippen LogP contribution in [0.1, 0.15) is 58.3 Å². The minimum Gasteiger partial charge on any atom is -0.316 e. The molecule has 0 amide bonds. The van der Waals surface area contributed by atoms with Gasteiger partial charge in [-0.1, -0.05) is 32.6 Å². The van der Waals surface area contributed by atoms with E-state index in [9.17, 15) is 4.79 Å². The fourth-order valence-electron chi connectivity index (χ4n) is 3.40. The number of carbonyl (C=O) groups is 1. The largest absolute Gasteiger partial charge is 0.316 e. The Balaban J connectivity index is 2.03. The van der Waals surface area contributed by atoms with Gasteiger partial charge in [0.05, 0.1) is 0 Å². The molecule has 2 fully saturated rings. The average molecular weight is 223 g/mol. The first kappa shape index (κ1) is 12.1. The molecule has 2 aliphatic rings. The van der Waals surface area contributed by atoms with Gasteiger partial charge in [0, 0.05) is 17.9 Å². The summed E-state index contributed by atoms with van der Waals surface area (Å²) in [7, 11) is 0. The summed E-state index contributed by atoms with van der Waals surface area (Å²) in [5, 5.41) is 3.38. The van der Waals surface area contributed by atoms with Crippen molar-refractivity contribution in [1.82, 2.24) is 5.32 Å². The number of ketones is 1. The van der Waals surface area contributed by atoms with E-state index in [0.717, 1.165) is 38.8 Å². The van der Waals surface area contributed by atoms with Gasteiger partial charge in [-0.05, 0) is 32.2 Å². The fourth-order valence-corrected chi connectivity index (χ4v) is 3.40. The Morgan fingerprint density at radius 1 is 1.25 bits per heavy atom. The second-order valence-corrected chi connectivity index (χ2v) is 5.61. The van der Waals surface area contributed by atoms with Crippen molar-refractivity contribution in [2.75, 3.05) is 13.1 Å². The van der Waals surface area contributed by atoms with Crippen molar-refractivity contribution in [3.05, 3.63) is 0 Å². The number of carbonyl (C=O) groups excluding carboxylic acids is 1. The van der Waals surface area contributed by atoms with E-state index in [1.807, 2.05) is 0 Å². The van der Waals surface area contributed by atoms with E-state index < -0.39 is 0 Å². The Hall–Kier alpha value is -0.370. The Morgan fingerprint density at radius 2 is 1.94 bits per heavy atom. The molecule has 16 heavy (non-hydrogen) atoms. The average Bonchev–Trinajstić information content (AvgIpc) is 2.64. The van der Waals surface area contributed by atoms with E-state index >= 15 is 0 Å². The van der Waals surface area contributed by atoms with Gasteiger partial charge < -0.3 is 5.32 Å². The molecule has 1 saturated carbocycles. The van der Waals surface area contributed by atoms with Crippen molar-refractivity contribution < 1.29 is 4.79 Å². The molecule has 1 N–H and O–H groups in total. The van der Waals surface area contributed by atoms with Crippen molar-refractivity contribution in [3.8, 4) is 0 Å².